The van der Waals surface area contributed by atoms with E-state index in [0.717, 1.165) is 16.8 Å². The minimum absolute atomic E-state index is 0.0115. The first-order valence-corrected chi connectivity index (χ1v) is 11.5. The van der Waals surface area contributed by atoms with Crippen LogP contribution in [0.5, 0.6) is 23.0 Å². The SMILES string of the molecule is O=C(NCCN1C(=O)C2(COc3cc4c(cc32)OCO4)c2ccccc21)Nc1ccc(OC(F)F)cc1. The molecule has 37 heavy (non-hydrogen) atoms. The molecule has 3 aliphatic heterocycles. The molecule has 2 N–H and O–H groups in total. The maximum absolute atomic E-state index is 13.9. The van der Waals surface area contributed by atoms with Crippen LogP contribution in [0.3, 0.4) is 0 Å². The summed E-state index contributed by atoms with van der Waals surface area (Å²) < 4.78 is 45.8. The summed E-state index contributed by atoms with van der Waals surface area (Å²) >= 11 is 0. The molecule has 3 aromatic carbocycles. The van der Waals surface area contributed by atoms with E-state index < -0.39 is 18.1 Å². The Balaban J connectivity index is 1.16. The third kappa shape index (κ3) is 3.83. The van der Waals surface area contributed by atoms with E-state index in [0.29, 0.717) is 22.9 Å². The number of nitrogens with one attached hydrogen (secondary N) is 2. The van der Waals surface area contributed by atoms with Gasteiger partial charge in [0.25, 0.3) is 0 Å². The van der Waals surface area contributed by atoms with Crippen molar-refractivity contribution in [3.8, 4) is 23.0 Å². The van der Waals surface area contributed by atoms with Gasteiger partial charge in [-0.15, -0.1) is 0 Å². The highest BCUT2D eigenvalue weighted by atomic mass is 19.3. The predicted molar refractivity (Wildman–Crippen MR) is 128 cm³/mol. The van der Waals surface area contributed by atoms with Crippen LogP contribution in [0.25, 0.3) is 0 Å². The largest absolute Gasteiger partial charge is 0.491 e. The zero-order valence-corrected chi connectivity index (χ0v) is 19.3. The predicted octanol–water partition coefficient (Wildman–Crippen LogP) is 3.86. The number of urea groups is 1. The average Bonchev–Trinajstić information content (AvgIpc) is 3.56. The Morgan fingerprint density at radius 2 is 1.76 bits per heavy atom. The number of alkyl halides is 2. The van der Waals surface area contributed by atoms with E-state index in [-0.39, 0.29) is 38.1 Å². The molecular weight excluding hydrogens is 488 g/mol. The average molecular weight is 509 g/mol. The summed E-state index contributed by atoms with van der Waals surface area (Å²) in [4.78, 5) is 27.9. The van der Waals surface area contributed by atoms with Crippen LogP contribution in [0.2, 0.25) is 0 Å². The Morgan fingerprint density at radius 1 is 1.00 bits per heavy atom. The summed E-state index contributed by atoms with van der Waals surface area (Å²) in [5.74, 6) is 1.57. The van der Waals surface area contributed by atoms with E-state index in [4.69, 9.17) is 14.2 Å². The molecule has 0 aromatic heterocycles. The number of carbonyl (C=O) groups excluding carboxylic acids is 2. The minimum atomic E-state index is -2.92. The smallest absolute Gasteiger partial charge is 0.387 e. The minimum Gasteiger partial charge on any atom is -0.491 e. The van der Waals surface area contributed by atoms with Gasteiger partial charge in [-0.05, 0) is 42.0 Å². The number of hydrogen-bond donors (Lipinski definition) is 2. The lowest BCUT2D eigenvalue weighted by Gasteiger charge is -2.23. The van der Waals surface area contributed by atoms with Crippen LogP contribution in [-0.2, 0) is 10.2 Å². The molecule has 0 aliphatic carbocycles. The molecule has 3 aliphatic rings. The summed E-state index contributed by atoms with van der Waals surface area (Å²) in [5, 5.41) is 5.35. The van der Waals surface area contributed by atoms with E-state index in [2.05, 4.69) is 15.4 Å². The molecule has 0 saturated carbocycles. The lowest BCUT2D eigenvalue weighted by molar-refractivity contribution is -0.122. The van der Waals surface area contributed by atoms with Gasteiger partial charge in [0, 0.05) is 36.1 Å². The maximum atomic E-state index is 13.9. The van der Waals surface area contributed by atoms with Gasteiger partial charge in [0.1, 0.15) is 23.5 Å². The van der Waals surface area contributed by atoms with Crippen molar-refractivity contribution in [3.05, 3.63) is 71.8 Å². The van der Waals surface area contributed by atoms with Gasteiger partial charge in [0.05, 0.1) is 0 Å². The molecule has 6 rings (SSSR count). The van der Waals surface area contributed by atoms with Gasteiger partial charge in [-0.25, -0.2) is 4.79 Å². The summed E-state index contributed by atoms with van der Waals surface area (Å²) in [5.41, 5.74) is 1.68. The van der Waals surface area contributed by atoms with Crippen LogP contribution in [0.4, 0.5) is 25.0 Å². The van der Waals surface area contributed by atoms with Crippen molar-refractivity contribution in [2.45, 2.75) is 12.0 Å². The van der Waals surface area contributed by atoms with Crippen LogP contribution in [0.15, 0.2) is 60.7 Å². The first-order valence-electron chi connectivity index (χ1n) is 11.5. The second kappa shape index (κ2) is 8.84. The zero-order valence-electron chi connectivity index (χ0n) is 19.3. The van der Waals surface area contributed by atoms with Crippen LogP contribution in [0.1, 0.15) is 11.1 Å². The van der Waals surface area contributed by atoms with Crippen molar-refractivity contribution in [2.24, 2.45) is 0 Å². The van der Waals surface area contributed by atoms with Gasteiger partial charge < -0.3 is 34.5 Å². The number of anilines is 2. The van der Waals surface area contributed by atoms with Gasteiger partial charge in [0.2, 0.25) is 12.7 Å². The van der Waals surface area contributed by atoms with Crippen molar-refractivity contribution in [1.29, 1.82) is 0 Å². The number of rotatable bonds is 6. The van der Waals surface area contributed by atoms with Crippen LogP contribution >= 0.6 is 0 Å². The first-order chi connectivity index (χ1) is 18.0. The number of carbonyl (C=O) groups is 2. The molecule has 3 aromatic rings. The van der Waals surface area contributed by atoms with E-state index in [1.807, 2.05) is 30.3 Å². The molecule has 3 amide bonds. The van der Waals surface area contributed by atoms with Gasteiger partial charge in [-0.2, -0.15) is 8.78 Å². The normalized spacial score (nSPS) is 18.6. The Hall–Kier alpha value is -4.54. The lowest BCUT2D eigenvalue weighted by atomic mass is 9.77. The van der Waals surface area contributed by atoms with E-state index in [9.17, 15) is 18.4 Å². The maximum Gasteiger partial charge on any atom is 0.387 e. The number of fused-ring (bicyclic) bond motifs is 5. The molecule has 1 spiro atoms. The van der Waals surface area contributed by atoms with Crippen molar-refractivity contribution in [1.82, 2.24) is 5.32 Å². The Morgan fingerprint density at radius 3 is 2.54 bits per heavy atom. The number of halogens is 2. The first kappa shape index (κ1) is 22.9. The molecule has 0 saturated heterocycles. The van der Waals surface area contributed by atoms with Crippen molar-refractivity contribution in [3.63, 3.8) is 0 Å². The van der Waals surface area contributed by atoms with E-state index >= 15 is 0 Å². The fourth-order valence-corrected chi connectivity index (χ4v) is 4.96. The lowest BCUT2D eigenvalue weighted by Crippen LogP contribution is -2.45. The van der Waals surface area contributed by atoms with Gasteiger partial charge >= 0.3 is 12.6 Å². The van der Waals surface area contributed by atoms with Gasteiger partial charge in [-0.3, -0.25) is 4.79 Å². The molecular formula is C26H21F2N3O6. The van der Waals surface area contributed by atoms with E-state index in [1.54, 1.807) is 11.0 Å². The number of benzene rings is 3. The number of amides is 3. The molecule has 9 nitrogen and oxygen atoms in total. The fraction of sp³-hybridized carbons (Fsp3) is 0.231. The molecule has 0 fully saturated rings. The number of para-hydroxylation sites is 1. The molecule has 190 valence electrons. The number of hydrogen-bond acceptors (Lipinski definition) is 6. The van der Waals surface area contributed by atoms with Gasteiger partial charge in [0.15, 0.2) is 11.5 Å². The van der Waals surface area contributed by atoms with Crippen molar-refractivity contribution in [2.75, 3.05) is 36.7 Å². The second-order valence-corrected chi connectivity index (χ2v) is 8.65. The van der Waals surface area contributed by atoms with Gasteiger partial charge in [-0.1, -0.05) is 18.2 Å². The summed E-state index contributed by atoms with van der Waals surface area (Å²) in [6.45, 7) is -2.26. The van der Waals surface area contributed by atoms with E-state index in [1.165, 1.54) is 24.3 Å². The molecule has 3 heterocycles. The third-order valence-electron chi connectivity index (χ3n) is 6.60. The summed E-state index contributed by atoms with van der Waals surface area (Å²) in [6.07, 6.45) is 0. The molecule has 1 unspecified atom stereocenters. The highest BCUT2D eigenvalue weighted by Gasteiger charge is 2.57. The monoisotopic (exact) mass is 509 g/mol. The second-order valence-electron chi connectivity index (χ2n) is 8.65. The van der Waals surface area contributed by atoms with Crippen LogP contribution in [-0.4, -0.2) is 45.0 Å². The van der Waals surface area contributed by atoms with Crippen molar-refractivity contribution >= 4 is 23.3 Å². The summed E-state index contributed by atoms with van der Waals surface area (Å²) in [7, 11) is 0. The fourth-order valence-electron chi connectivity index (χ4n) is 4.96. The number of ether oxygens (including phenoxy) is 4. The quantitative estimate of drug-likeness (QED) is 0.524. The molecule has 0 bridgehead atoms. The molecule has 0 radical (unpaired) electrons. The Labute approximate surface area is 209 Å². The highest BCUT2D eigenvalue weighted by molar-refractivity contribution is 6.11. The third-order valence-corrected chi connectivity index (χ3v) is 6.60. The zero-order chi connectivity index (χ0) is 25.6. The molecule has 1 atom stereocenters. The van der Waals surface area contributed by atoms with Crippen LogP contribution < -0.4 is 34.5 Å². The Bertz CT molecular complexity index is 1380. The summed E-state index contributed by atoms with van der Waals surface area (Å²) in [6, 6.07) is 16.1. The van der Waals surface area contributed by atoms with Crippen molar-refractivity contribution < 1.29 is 37.3 Å². The highest BCUT2D eigenvalue weighted by Crippen LogP contribution is 2.54. The standard InChI is InChI=1S/C26H21F2N3O6/c27-24(28)37-16-7-5-15(6-8-16)30-25(33)29-9-10-31-19-4-2-1-3-17(19)26(23(31)32)13-34-20-12-22-21(11-18(20)26)35-14-36-22/h1-8,11-12,24H,9-10,13-14H2,(H2,29,30,33). The number of nitrogens with zero attached hydrogens (tertiary/aromatic N) is 1. The topological polar surface area (TPSA) is 98.4 Å². The molecule has 11 heteroatoms. The van der Waals surface area contributed by atoms with Crippen LogP contribution in [0, 0.1) is 0 Å². The Kier molecular flexibility index (Phi) is 5.47.